The maximum Gasteiger partial charge on any atom is 0.134 e. The first-order chi connectivity index (χ1) is 17.7. The largest absolute Gasteiger partial charge is 0.494 e. The number of Topliss-reactive ketones (excluding diaryl/α,β-unsaturated/α-hetero) is 1. The van der Waals surface area contributed by atoms with Crippen LogP contribution in [0.15, 0.2) is 82.1 Å². The summed E-state index contributed by atoms with van der Waals surface area (Å²) in [5.41, 5.74) is 6.55. The highest BCUT2D eigenvalue weighted by molar-refractivity contribution is 5.81. The van der Waals surface area contributed by atoms with Crippen LogP contribution < -0.4 is 10.6 Å². The van der Waals surface area contributed by atoms with Gasteiger partial charge in [-0.3, -0.25) is 4.79 Å². The molecule has 200 valence electrons. The number of carbonyl (C=O) groups is 1. The predicted octanol–water partition coefficient (Wildman–Crippen LogP) is 6.27. The van der Waals surface area contributed by atoms with Crippen LogP contribution in [-0.2, 0) is 16.0 Å². The number of anilines is 1. The van der Waals surface area contributed by atoms with E-state index in [0.717, 1.165) is 54.4 Å². The van der Waals surface area contributed by atoms with Crippen molar-refractivity contribution in [3.63, 3.8) is 0 Å². The number of benzene rings is 1. The number of ketones is 1. The highest BCUT2D eigenvalue weighted by Crippen LogP contribution is 2.26. The molecule has 0 radical (unpaired) electrons. The third-order valence-electron chi connectivity index (χ3n) is 6.15. The SMILES string of the molecule is C=C/C(=C(/C)C1=C(C)OCCN1)N1CCC(/C=N\C(=C)Nc2ccc(CC(C)=O)c(F)c2)=C(C)C1.CC. The van der Waals surface area contributed by atoms with Gasteiger partial charge in [0.25, 0.3) is 0 Å². The molecule has 0 aromatic heterocycles. The van der Waals surface area contributed by atoms with Gasteiger partial charge in [0.2, 0.25) is 0 Å². The summed E-state index contributed by atoms with van der Waals surface area (Å²) in [5, 5.41) is 6.46. The topological polar surface area (TPSA) is 66.0 Å². The number of carbonyl (C=O) groups excluding carboxylic acids is 1. The van der Waals surface area contributed by atoms with Crippen molar-refractivity contribution in [3.05, 3.63) is 88.5 Å². The van der Waals surface area contributed by atoms with Gasteiger partial charge in [0.1, 0.15) is 29.8 Å². The van der Waals surface area contributed by atoms with Crippen molar-refractivity contribution in [2.24, 2.45) is 4.99 Å². The molecule has 6 nitrogen and oxygen atoms in total. The summed E-state index contributed by atoms with van der Waals surface area (Å²) in [6, 6.07) is 4.69. The summed E-state index contributed by atoms with van der Waals surface area (Å²) < 4.78 is 19.9. The second-order valence-electron chi connectivity index (χ2n) is 8.91. The molecule has 0 atom stereocenters. The van der Waals surface area contributed by atoms with Gasteiger partial charge in [-0.05, 0) is 74.6 Å². The van der Waals surface area contributed by atoms with E-state index in [-0.39, 0.29) is 12.2 Å². The average Bonchev–Trinajstić information content (AvgIpc) is 2.87. The number of hydrogen-bond donors (Lipinski definition) is 2. The fraction of sp³-hybridized carbons (Fsp3) is 0.400. The number of allylic oxidation sites excluding steroid dienone is 3. The Labute approximate surface area is 221 Å². The Balaban J connectivity index is 0.00000235. The molecule has 0 aliphatic carbocycles. The van der Waals surface area contributed by atoms with Crippen molar-refractivity contribution in [1.82, 2.24) is 10.2 Å². The molecule has 0 bridgehead atoms. The van der Waals surface area contributed by atoms with Crippen LogP contribution in [0.4, 0.5) is 10.1 Å². The summed E-state index contributed by atoms with van der Waals surface area (Å²) in [6.45, 7) is 22.7. The zero-order valence-corrected chi connectivity index (χ0v) is 23.1. The minimum absolute atomic E-state index is 0.0777. The van der Waals surface area contributed by atoms with E-state index in [1.54, 1.807) is 12.1 Å². The van der Waals surface area contributed by atoms with Gasteiger partial charge in [-0.1, -0.05) is 33.1 Å². The molecule has 2 aliphatic rings. The van der Waals surface area contributed by atoms with Gasteiger partial charge in [0.15, 0.2) is 0 Å². The molecular formula is C30H41FN4O2. The zero-order valence-electron chi connectivity index (χ0n) is 23.1. The Morgan fingerprint density at radius 1 is 1.30 bits per heavy atom. The molecule has 0 saturated carbocycles. The van der Waals surface area contributed by atoms with E-state index >= 15 is 0 Å². The van der Waals surface area contributed by atoms with Crippen molar-refractivity contribution in [2.75, 3.05) is 31.6 Å². The lowest BCUT2D eigenvalue weighted by molar-refractivity contribution is -0.116. The molecule has 2 N–H and O–H groups in total. The lowest BCUT2D eigenvalue weighted by Crippen LogP contribution is -2.33. The number of nitrogens with one attached hydrogen (secondary N) is 2. The maximum absolute atomic E-state index is 14.2. The Kier molecular flexibility index (Phi) is 11.4. The first-order valence-corrected chi connectivity index (χ1v) is 12.8. The van der Waals surface area contributed by atoms with Crippen LogP contribution >= 0.6 is 0 Å². The van der Waals surface area contributed by atoms with Gasteiger partial charge in [-0.25, -0.2) is 9.38 Å². The standard InChI is InChI=1S/C28H35FN4O2.C2H6/c1-7-27(20(4)28-21(5)35-13-11-30-28)33-12-10-24(18(2)17-33)16-31-22(6)32-25-9-8-23(14-19(3)34)26(29)15-25;1-2/h7-9,15-16,30,32H,1,6,10-14,17H2,2-5H3;1-2H3/b27-20+,31-16-;. The Bertz CT molecular complexity index is 1140. The van der Waals surface area contributed by atoms with Crippen LogP contribution in [-0.4, -0.2) is 43.1 Å². The molecule has 1 aromatic rings. The summed E-state index contributed by atoms with van der Waals surface area (Å²) in [4.78, 5) is 18.0. The quantitative estimate of drug-likeness (QED) is 0.304. The monoisotopic (exact) mass is 508 g/mol. The number of ether oxygens (including phenoxy) is 1. The van der Waals surface area contributed by atoms with Crippen molar-refractivity contribution in [3.8, 4) is 0 Å². The molecule has 2 aliphatic heterocycles. The fourth-order valence-corrected chi connectivity index (χ4v) is 4.33. The van der Waals surface area contributed by atoms with Crippen molar-refractivity contribution in [2.45, 2.75) is 54.4 Å². The van der Waals surface area contributed by atoms with E-state index in [9.17, 15) is 9.18 Å². The van der Waals surface area contributed by atoms with Crippen LogP contribution in [0.25, 0.3) is 0 Å². The van der Waals surface area contributed by atoms with Gasteiger partial charge in [-0.2, -0.15) is 0 Å². The second kappa shape index (κ2) is 14.2. The molecule has 37 heavy (non-hydrogen) atoms. The molecule has 2 heterocycles. The average molecular weight is 509 g/mol. The number of nitrogens with zero attached hydrogens (tertiary/aromatic N) is 2. The van der Waals surface area contributed by atoms with Crippen molar-refractivity contribution in [1.29, 1.82) is 0 Å². The van der Waals surface area contributed by atoms with Gasteiger partial charge in [0, 0.05) is 43.7 Å². The highest BCUT2D eigenvalue weighted by atomic mass is 19.1. The van der Waals surface area contributed by atoms with Crippen molar-refractivity contribution >= 4 is 17.7 Å². The molecule has 0 fully saturated rings. The normalized spacial score (nSPS) is 16.4. The van der Waals surface area contributed by atoms with E-state index in [1.807, 2.05) is 33.1 Å². The van der Waals surface area contributed by atoms with Crippen LogP contribution in [0.1, 0.15) is 53.5 Å². The summed E-state index contributed by atoms with van der Waals surface area (Å²) in [5.74, 6) is 0.825. The van der Waals surface area contributed by atoms with Crippen LogP contribution in [0, 0.1) is 5.82 Å². The van der Waals surface area contributed by atoms with Gasteiger partial charge < -0.3 is 20.3 Å². The van der Waals surface area contributed by atoms with Gasteiger partial charge >= 0.3 is 0 Å². The predicted molar refractivity (Wildman–Crippen MR) is 152 cm³/mol. The summed E-state index contributed by atoms with van der Waals surface area (Å²) in [6.07, 6.45) is 4.66. The third kappa shape index (κ3) is 8.20. The number of hydrogen-bond acceptors (Lipinski definition) is 6. The lowest BCUT2D eigenvalue weighted by atomic mass is 10.00. The summed E-state index contributed by atoms with van der Waals surface area (Å²) >= 11 is 0. The molecule has 0 unspecified atom stereocenters. The molecule has 0 saturated heterocycles. The Hall–Kier alpha value is -3.61. The van der Waals surface area contributed by atoms with E-state index < -0.39 is 5.82 Å². The first kappa shape index (κ1) is 29.6. The lowest BCUT2D eigenvalue weighted by Gasteiger charge is -2.33. The van der Waals surface area contributed by atoms with Crippen LogP contribution in [0.2, 0.25) is 0 Å². The van der Waals surface area contributed by atoms with E-state index in [1.165, 1.54) is 18.6 Å². The van der Waals surface area contributed by atoms with Gasteiger partial charge in [0.05, 0.1) is 5.70 Å². The minimum Gasteiger partial charge on any atom is -0.494 e. The minimum atomic E-state index is -0.421. The highest BCUT2D eigenvalue weighted by Gasteiger charge is 2.21. The Morgan fingerprint density at radius 2 is 2.03 bits per heavy atom. The zero-order chi connectivity index (χ0) is 27.5. The first-order valence-electron chi connectivity index (χ1n) is 12.8. The van der Waals surface area contributed by atoms with Crippen molar-refractivity contribution < 1.29 is 13.9 Å². The molecule has 0 spiro atoms. The number of halogens is 1. The fourth-order valence-electron chi connectivity index (χ4n) is 4.33. The molecule has 1 aromatic carbocycles. The molecule has 7 heteroatoms. The second-order valence-corrected chi connectivity index (χ2v) is 8.91. The van der Waals surface area contributed by atoms with Crippen LogP contribution in [0.5, 0.6) is 0 Å². The maximum atomic E-state index is 14.2. The molecule has 0 amide bonds. The molecular weight excluding hydrogens is 467 g/mol. The van der Waals surface area contributed by atoms with E-state index in [0.29, 0.717) is 23.7 Å². The summed E-state index contributed by atoms with van der Waals surface area (Å²) in [7, 11) is 0. The number of rotatable bonds is 9. The third-order valence-corrected chi connectivity index (χ3v) is 6.15. The number of aliphatic imine (C=N–C) groups is 1. The smallest absolute Gasteiger partial charge is 0.134 e. The van der Waals surface area contributed by atoms with E-state index in [2.05, 4.69) is 47.5 Å². The Morgan fingerprint density at radius 3 is 2.62 bits per heavy atom. The van der Waals surface area contributed by atoms with Gasteiger partial charge in [-0.15, -0.1) is 0 Å². The molecule has 3 rings (SSSR count). The van der Waals surface area contributed by atoms with E-state index in [4.69, 9.17) is 4.74 Å². The van der Waals surface area contributed by atoms with Crippen LogP contribution in [0.3, 0.4) is 0 Å².